The summed E-state index contributed by atoms with van der Waals surface area (Å²) in [5, 5.41) is 4.53. The Morgan fingerprint density at radius 2 is 1.64 bits per heavy atom. The zero-order valence-corrected chi connectivity index (χ0v) is 18.3. The molecule has 0 aliphatic heterocycles. The minimum Gasteiger partial charge on any atom is -0.445 e. The van der Waals surface area contributed by atoms with Crippen LogP contribution in [-0.2, 0) is 16.1 Å². The van der Waals surface area contributed by atoms with E-state index in [1.54, 1.807) is 38.1 Å². The van der Waals surface area contributed by atoms with E-state index in [0.29, 0.717) is 23.0 Å². The maximum absolute atomic E-state index is 12.7. The van der Waals surface area contributed by atoms with E-state index in [0.717, 1.165) is 16.3 Å². The Balaban J connectivity index is 1.50. The summed E-state index contributed by atoms with van der Waals surface area (Å²) in [4.78, 5) is 37.3. The van der Waals surface area contributed by atoms with Crippen LogP contribution in [0.3, 0.4) is 0 Å². The Morgan fingerprint density at radius 1 is 0.939 bits per heavy atom. The van der Waals surface area contributed by atoms with Gasteiger partial charge in [-0.1, -0.05) is 55.5 Å². The summed E-state index contributed by atoms with van der Waals surface area (Å²) in [6.07, 6.45) is -0.402. The molecule has 7 heteroatoms. The average Bonchev–Trinajstić information content (AvgIpc) is 2.84. The lowest BCUT2D eigenvalue weighted by Gasteiger charge is -2.17. The number of esters is 1. The van der Waals surface area contributed by atoms with Gasteiger partial charge in [0, 0.05) is 10.9 Å². The van der Waals surface area contributed by atoms with Crippen LogP contribution in [0.15, 0.2) is 75.9 Å². The molecule has 3 aromatic carbocycles. The summed E-state index contributed by atoms with van der Waals surface area (Å²) < 4.78 is 16.3. The van der Waals surface area contributed by atoms with Gasteiger partial charge >= 0.3 is 17.7 Å². The second-order valence-electron chi connectivity index (χ2n) is 7.59. The molecule has 0 spiro atoms. The molecule has 0 radical (unpaired) electrons. The normalized spacial score (nSPS) is 11.8. The number of rotatable bonds is 6. The van der Waals surface area contributed by atoms with Crippen LogP contribution < -0.4 is 15.7 Å². The van der Waals surface area contributed by atoms with Crippen molar-refractivity contribution in [3.05, 3.63) is 88.3 Å². The Labute approximate surface area is 189 Å². The first kappa shape index (κ1) is 22.1. The van der Waals surface area contributed by atoms with Gasteiger partial charge in [0.15, 0.2) is 0 Å². The molecular formula is C26H23NO6. The van der Waals surface area contributed by atoms with Crippen molar-refractivity contribution in [3.8, 4) is 5.75 Å². The third-order valence-electron chi connectivity index (χ3n) is 5.40. The van der Waals surface area contributed by atoms with E-state index in [9.17, 15) is 14.4 Å². The number of carbonyl (C=O) groups is 2. The van der Waals surface area contributed by atoms with Gasteiger partial charge in [0.2, 0.25) is 0 Å². The maximum Gasteiger partial charge on any atom is 0.408 e. The summed E-state index contributed by atoms with van der Waals surface area (Å²) >= 11 is 0. The van der Waals surface area contributed by atoms with Crippen molar-refractivity contribution >= 4 is 33.8 Å². The van der Waals surface area contributed by atoms with Crippen LogP contribution in [0.5, 0.6) is 5.75 Å². The number of alkyl carbamates (subject to hydrolysis) is 1. The number of hydrogen-bond donors (Lipinski definition) is 1. The van der Waals surface area contributed by atoms with Crippen LogP contribution in [0.25, 0.3) is 21.7 Å². The molecule has 1 aromatic heterocycles. The first-order valence-corrected chi connectivity index (χ1v) is 10.6. The predicted octanol–water partition coefficient (Wildman–Crippen LogP) is 4.87. The molecule has 0 aliphatic carbocycles. The molecule has 1 unspecified atom stereocenters. The molecule has 0 saturated carbocycles. The SMILES string of the molecule is CCC(NC(=O)OCc1ccccc1)C(=O)Oc1ccc2c(oc(=O)c3ccccc32)c1C. The number of hydrogen-bond acceptors (Lipinski definition) is 6. The molecule has 7 nitrogen and oxygen atoms in total. The van der Waals surface area contributed by atoms with E-state index in [2.05, 4.69) is 5.32 Å². The molecule has 4 rings (SSSR count). The smallest absolute Gasteiger partial charge is 0.408 e. The van der Waals surface area contributed by atoms with Crippen molar-refractivity contribution in [1.82, 2.24) is 5.32 Å². The molecule has 1 heterocycles. The molecule has 0 aliphatic rings. The Morgan fingerprint density at radius 3 is 2.36 bits per heavy atom. The lowest BCUT2D eigenvalue weighted by Crippen LogP contribution is -2.42. The van der Waals surface area contributed by atoms with Gasteiger partial charge in [-0.05, 0) is 42.5 Å². The molecule has 1 N–H and O–H groups in total. The van der Waals surface area contributed by atoms with Crippen molar-refractivity contribution in [2.75, 3.05) is 0 Å². The van der Waals surface area contributed by atoms with Crippen molar-refractivity contribution in [3.63, 3.8) is 0 Å². The summed E-state index contributed by atoms with van der Waals surface area (Å²) in [5.74, 6) is -0.386. The van der Waals surface area contributed by atoms with Crippen LogP contribution in [0.4, 0.5) is 4.79 Å². The van der Waals surface area contributed by atoms with Crippen LogP contribution in [0.2, 0.25) is 0 Å². The summed E-state index contributed by atoms with van der Waals surface area (Å²) in [5.41, 5.74) is 1.25. The molecule has 0 saturated heterocycles. The predicted molar refractivity (Wildman–Crippen MR) is 124 cm³/mol. The second-order valence-corrected chi connectivity index (χ2v) is 7.59. The van der Waals surface area contributed by atoms with Crippen LogP contribution in [0, 0.1) is 6.92 Å². The fourth-order valence-corrected chi connectivity index (χ4v) is 3.59. The first-order chi connectivity index (χ1) is 16.0. The summed E-state index contributed by atoms with van der Waals surface area (Å²) in [6.45, 7) is 3.56. The van der Waals surface area contributed by atoms with E-state index in [1.807, 2.05) is 42.5 Å². The van der Waals surface area contributed by atoms with Gasteiger partial charge < -0.3 is 19.2 Å². The van der Waals surface area contributed by atoms with E-state index in [4.69, 9.17) is 13.9 Å². The fraction of sp³-hybridized carbons (Fsp3) is 0.192. The molecule has 168 valence electrons. The van der Waals surface area contributed by atoms with E-state index in [-0.39, 0.29) is 12.4 Å². The highest BCUT2D eigenvalue weighted by molar-refractivity contribution is 6.05. The van der Waals surface area contributed by atoms with Crippen molar-refractivity contribution in [2.24, 2.45) is 0 Å². The maximum atomic E-state index is 12.7. The number of amides is 1. The third kappa shape index (κ3) is 4.72. The van der Waals surface area contributed by atoms with Crippen molar-refractivity contribution in [2.45, 2.75) is 32.9 Å². The zero-order chi connectivity index (χ0) is 23.4. The monoisotopic (exact) mass is 445 g/mol. The van der Waals surface area contributed by atoms with Gasteiger partial charge in [0.25, 0.3) is 0 Å². The Hall–Kier alpha value is -4.13. The number of fused-ring (bicyclic) bond motifs is 3. The molecule has 1 atom stereocenters. The number of ether oxygens (including phenoxy) is 2. The number of carbonyl (C=O) groups excluding carboxylic acids is 2. The van der Waals surface area contributed by atoms with Gasteiger partial charge in [-0.25, -0.2) is 14.4 Å². The van der Waals surface area contributed by atoms with Crippen LogP contribution >= 0.6 is 0 Å². The summed E-state index contributed by atoms with van der Waals surface area (Å²) in [6, 6.07) is 18.9. The average molecular weight is 445 g/mol. The molecule has 0 bridgehead atoms. The minimum absolute atomic E-state index is 0.0922. The number of benzene rings is 3. The lowest BCUT2D eigenvalue weighted by atomic mass is 10.0. The van der Waals surface area contributed by atoms with Crippen LogP contribution in [0.1, 0.15) is 24.5 Å². The van der Waals surface area contributed by atoms with Crippen molar-refractivity contribution < 1.29 is 23.5 Å². The van der Waals surface area contributed by atoms with Gasteiger partial charge in [-0.2, -0.15) is 0 Å². The standard InChI is InChI=1S/C26H23NO6/c1-3-21(27-26(30)31-15-17-9-5-4-6-10-17)25(29)32-22-14-13-19-18-11-7-8-12-20(18)24(28)33-23(19)16(22)2/h4-14,21H,3,15H2,1-2H3,(H,27,30). The number of nitrogens with one attached hydrogen (secondary N) is 1. The Bertz CT molecular complexity index is 1380. The van der Waals surface area contributed by atoms with E-state index >= 15 is 0 Å². The highest BCUT2D eigenvalue weighted by atomic mass is 16.6. The third-order valence-corrected chi connectivity index (χ3v) is 5.40. The second kappa shape index (κ2) is 9.56. The van der Waals surface area contributed by atoms with E-state index in [1.165, 1.54) is 0 Å². The first-order valence-electron chi connectivity index (χ1n) is 10.6. The number of aryl methyl sites for hydroxylation is 1. The van der Waals surface area contributed by atoms with Gasteiger partial charge in [-0.3, -0.25) is 0 Å². The quantitative estimate of drug-likeness (QED) is 0.197. The van der Waals surface area contributed by atoms with Gasteiger partial charge in [-0.15, -0.1) is 0 Å². The Kier molecular flexibility index (Phi) is 6.40. The molecule has 0 fully saturated rings. The highest BCUT2D eigenvalue weighted by Gasteiger charge is 2.23. The largest absolute Gasteiger partial charge is 0.445 e. The molecule has 4 aromatic rings. The van der Waals surface area contributed by atoms with Crippen LogP contribution in [-0.4, -0.2) is 18.1 Å². The molecular weight excluding hydrogens is 422 g/mol. The topological polar surface area (TPSA) is 94.8 Å². The fourth-order valence-electron chi connectivity index (χ4n) is 3.59. The van der Waals surface area contributed by atoms with Crippen molar-refractivity contribution in [1.29, 1.82) is 0 Å². The summed E-state index contributed by atoms with van der Waals surface area (Å²) in [7, 11) is 0. The molecule has 1 amide bonds. The van der Waals surface area contributed by atoms with Gasteiger partial charge in [0.05, 0.1) is 5.39 Å². The zero-order valence-electron chi connectivity index (χ0n) is 18.3. The minimum atomic E-state index is -0.896. The van der Waals surface area contributed by atoms with Gasteiger partial charge in [0.1, 0.15) is 24.0 Å². The highest BCUT2D eigenvalue weighted by Crippen LogP contribution is 2.31. The molecule has 33 heavy (non-hydrogen) atoms. The lowest BCUT2D eigenvalue weighted by molar-refractivity contribution is -0.136. The van der Waals surface area contributed by atoms with E-state index < -0.39 is 23.7 Å².